The first-order valence-electron chi connectivity index (χ1n) is 2.77. The third-order valence-electron chi connectivity index (χ3n) is 0.974. The van der Waals surface area contributed by atoms with E-state index in [4.69, 9.17) is 5.84 Å². The van der Waals surface area contributed by atoms with Gasteiger partial charge < -0.3 is 5.84 Å². The molecule has 3 heteroatoms. The molecule has 2 N–H and O–H groups in total. The molecule has 0 unspecified atom stereocenters. The number of nitrogens with two attached hydrogens (primary N) is 1. The second kappa shape index (κ2) is 4.78. The van der Waals surface area contributed by atoms with Gasteiger partial charge in [-0.3, -0.25) is 0 Å². The highest BCUT2D eigenvalue weighted by atomic mass is 127. The van der Waals surface area contributed by atoms with Crippen molar-refractivity contribution in [1.29, 1.82) is 0 Å². The lowest BCUT2D eigenvalue weighted by atomic mass is 10.1. The van der Waals surface area contributed by atoms with Gasteiger partial charge in [-0.05, 0) is 16.1 Å². The minimum absolute atomic E-state index is 0.418. The van der Waals surface area contributed by atoms with Crippen LogP contribution in [-0.4, -0.2) is 5.71 Å². The second-order valence-corrected chi connectivity index (χ2v) is 2.72. The number of nitrogens with zero attached hydrogens (tertiary/aromatic N) is 1. The van der Waals surface area contributed by atoms with Gasteiger partial charge in [0, 0.05) is 0 Å². The standard InChI is InChI=1S/C6H11IN2/c1-5(2)6(9-8)3-4-7/h3-5H,8H2,1-2H3/b4-3-,9-6+. The summed E-state index contributed by atoms with van der Waals surface area (Å²) in [5.74, 6) is 5.51. The number of hydrazone groups is 1. The zero-order valence-corrected chi connectivity index (χ0v) is 7.79. The number of halogens is 1. The van der Waals surface area contributed by atoms with E-state index in [1.807, 2.05) is 10.2 Å². The summed E-state index contributed by atoms with van der Waals surface area (Å²) in [6.45, 7) is 4.12. The van der Waals surface area contributed by atoms with E-state index in [2.05, 4.69) is 41.5 Å². The Balaban J connectivity index is 4.01. The summed E-state index contributed by atoms with van der Waals surface area (Å²) < 4.78 is 1.91. The fourth-order valence-corrected chi connectivity index (χ4v) is 0.818. The second-order valence-electron chi connectivity index (χ2n) is 2.00. The van der Waals surface area contributed by atoms with E-state index in [-0.39, 0.29) is 0 Å². The van der Waals surface area contributed by atoms with Crippen LogP contribution in [0.25, 0.3) is 0 Å². The van der Waals surface area contributed by atoms with Gasteiger partial charge >= 0.3 is 0 Å². The highest BCUT2D eigenvalue weighted by molar-refractivity contribution is 14.1. The summed E-state index contributed by atoms with van der Waals surface area (Å²) in [5, 5.41) is 3.60. The van der Waals surface area contributed by atoms with Crippen LogP contribution in [0.2, 0.25) is 0 Å². The Morgan fingerprint density at radius 3 is 2.33 bits per heavy atom. The predicted octanol–water partition coefficient (Wildman–Crippen LogP) is 1.91. The van der Waals surface area contributed by atoms with Gasteiger partial charge in [0.25, 0.3) is 0 Å². The Morgan fingerprint density at radius 2 is 2.22 bits per heavy atom. The normalized spacial score (nSPS) is 13.6. The van der Waals surface area contributed by atoms with Gasteiger partial charge in [0.15, 0.2) is 0 Å². The highest BCUT2D eigenvalue weighted by Gasteiger charge is 1.97. The van der Waals surface area contributed by atoms with Gasteiger partial charge in [-0.25, -0.2) is 0 Å². The van der Waals surface area contributed by atoms with Gasteiger partial charge in [0.05, 0.1) is 5.71 Å². The Bertz CT molecular complexity index is 127. The van der Waals surface area contributed by atoms with Crippen LogP contribution in [0.15, 0.2) is 15.3 Å². The van der Waals surface area contributed by atoms with E-state index in [1.165, 1.54) is 0 Å². The van der Waals surface area contributed by atoms with Crippen LogP contribution in [0.4, 0.5) is 0 Å². The molecule has 0 saturated carbocycles. The van der Waals surface area contributed by atoms with Crippen molar-refractivity contribution >= 4 is 28.3 Å². The van der Waals surface area contributed by atoms with E-state index in [9.17, 15) is 0 Å². The van der Waals surface area contributed by atoms with Gasteiger partial charge in [-0.2, -0.15) is 5.10 Å². The molecule has 0 fully saturated rings. The van der Waals surface area contributed by atoms with Crippen LogP contribution < -0.4 is 5.84 Å². The summed E-state index contributed by atoms with van der Waals surface area (Å²) in [5.41, 5.74) is 0.935. The molecule has 0 aromatic rings. The van der Waals surface area contributed by atoms with Crippen LogP contribution in [-0.2, 0) is 0 Å². The molecule has 0 atom stereocenters. The number of allylic oxidation sites excluding steroid dienone is 1. The zero-order chi connectivity index (χ0) is 7.28. The molecule has 0 amide bonds. The molecule has 0 bridgehead atoms. The molecule has 0 aromatic heterocycles. The van der Waals surface area contributed by atoms with E-state index in [0.717, 1.165) is 5.71 Å². The molecule has 0 aliphatic carbocycles. The van der Waals surface area contributed by atoms with Gasteiger partial charge in [-0.1, -0.05) is 36.4 Å². The fraction of sp³-hybridized carbons (Fsp3) is 0.500. The SMILES string of the molecule is CC(C)C(/C=C\I)=N/N. The minimum atomic E-state index is 0.418. The van der Waals surface area contributed by atoms with Crippen molar-refractivity contribution in [3.8, 4) is 0 Å². The van der Waals surface area contributed by atoms with Crippen molar-refractivity contribution in [2.24, 2.45) is 16.9 Å². The third-order valence-corrected chi connectivity index (χ3v) is 1.33. The van der Waals surface area contributed by atoms with Crippen molar-refractivity contribution in [3.63, 3.8) is 0 Å². The smallest absolute Gasteiger partial charge is 0.0630 e. The van der Waals surface area contributed by atoms with Crippen LogP contribution in [0.3, 0.4) is 0 Å². The molecule has 0 aromatic carbocycles. The molecule has 0 radical (unpaired) electrons. The molecular formula is C6H11IN2. The van der Waals surface area contributed by atoms with E-state index in [1.54, 1.807) is 0 Å². The lowest BCUT2D eigenvalue weighted by Gasteiger charge is -2.00. The van der Waals surface area contributed by atoms with Crippen molar-refractivity contribution in [2.75, 3.05) is 0 Å². The molecule has 0 heterocycles. The van der Waals surface area contributed by atoms with Crippen molar-refractivity contribution < 1.29 is 0 Å². The molecule has 0 aliphatic heterocycles. The molecular weight excluding hydrogens is 227 g/mol. The Labute approximate surface area is 69.3 Å². The summed E-state index contributed by atoms with van der Waals surface area (Å²) in [7, 11) is 0. The molecule has 2 nitrogen and oxygen atoms in total. The Kier molecular flexibility index (Phi) is 4.75. The topological polar surface area (TPSA) is 38.4 Å². The maximum atomic E-state index is 5.09. The first-order valence-corrected chi connectivity index (χ1v) is 4.01. The van der Waals surface area contributed by atoms with Crippen molar-refractivity contribution in [1.82, 2.24) is 0 Å². The summed E-state index contributed by atoms with van der Waals surface area (Å²) >= 11 is 2.14. The Morgan fingerprint density at radius 1 is 1.67 bits per heavy atom. The van der Waals surface area contributed by atoms with E-state index in [0.29, 0.717) is 5.92 Å². The maximum Gasteiger partial charge on any atom is 0.0630 e. The van der Waals surface area contributed by atoms with E-state index < -0.39 is 0 Å². The molecule has 9 heavy (non-hydrogen) atoms. The third kappa shape index (κ3) is 3.51. The number of rotatable bonds is 2. The molecule has 0 saturated heterocycles. The van der Waals surface area contributed by atoms with Crippen molar-refractivity contribution in [2.45, 2.75) is 13.8 Å². The molecule has 0 rings (SSSR count). The first kappa shape index (κ1) is 8.94. The number of hydrogen-bond acceptors (Lipinski definition) is 2. The number of hydrogen-bond donors (Lipinski definition) is 1. The summed E-state index contributed by atoms with van der Waals surface area (Å²) in [6.07, 6.45) is 1.91. The quantitative estimate of drug-likeness (QED) is 0.339. The van der Waals surface area contributed by atoms with Gasteiger partial charge in [0.1, 0.15) is 0 Å². The zero-order valence-electron chi connectivity index (χ0n) is 5.63. The van der Waals surface area contributed by atoms with Crippen LogP contribution in [0.1, 0.15) is 13.8 Å². The van der Waals surface area contributed by atoms with E-state index >= 15 is 0 Å². The largest absolute Gasteiger partial charge is 0.323 e. The lowest BCUT2D eigenvalue weighted by Crippen LogP contribution is -2.06. The molecule has 52 valence electrons. The predicted molar refractivity (Wildman–Crippen MR) is 49.6 cm³/mol. The molecule has 0 aliphatic rings. The van der Waals surface area contributed by atoms with Crippen LogP contribution >= 0.6 is 22.6 Å². The monoisotopic (exact) mass is 238 g/mol. The summed E-state index contributed by atoms with van der Waals surface area (Å²) in [4.78, 5) is 0. The molecule has 0 spiro atoms. The first-order chi connectivity index (χ1) is 4.22. The minimum Gasteiger partial charge on any atom is -0.323 e. The van der Waals surface area contributed by atoms with Gasteiger partial charge in [-0.15, -0.1) is 0 Å². The highest BCUT2D eigenvalue weighted by Crippen LogP contribution is 1.98. The van der Waals surface area contributed by atoms with Crippen LogP contribution in [0, 0.1) is 5.92 Å². The average molecular weight is 238 g/mol. The average Bonchev–Trinajstić information content (AvgIpc) is 1.82. The van der Waals surface area contributed by atoms with Gasteiger partial charge in [0.2, 0.25) is 0 Å². The summed E-state index contributed by atoms with van der Waals surface area (Å²) in [6, 6.07) is 0. The fourth-order valence-electron chi connectivity index (χ4n) is 0.449. The van der Waals surface area contributed by atoms with Crippen molar-refractivity contribution in [3.05, 3.63) is 10.2 Å². The van der Waals surface area contributed by atoms with Crippen LogP contribution in [0.5, 0.6) is 0 Å². The lowest BCUT2D eigenvalue weighted by molar-refractivity contribution is 0.880. The Hall–Kier alpha value is -0.0600. The maximum absolute atomic E-state index is 5.09.